The lowest BCUT2D eigenvalue weighted by Crippen LogP contribution is -2.20. The summed E-state index contributed by atoms with van der Waals surface area (Å²) in [6.45, 7) is 7.95. The van der Waals surface area contributed by atoms with Crippen LogP contribution in [0.4, 0.5) is 17.3 Å². The zero-order valence-electron chi connectivity index (χ0n) is 27.6. The summed E-state index contributed by atoms with van der Waals surface area (Å²) in [6, 6.07) is 43.8. The summed E-state index contributed by atoms with van der Waals surface area (Å²) in [5, 5.41) is 3.03. The molecule has 3 aromatic heterocycles. The highest BCUT2D eigenvalue weighted by molar-refractivity contribution is 6.19. The van der Waals surface area contributed by atoms with E-state index in [4.69, 9.17) is 24.9 Å². The van der Waals surface area contributed by atoms with Gasteiger partial charge in [-0.1, -0.05) is 135 Å². The summed E-state index contributed by atoms with van der Waals surface area (Å²) < 4.78 is 0. The predicted molar refractivity (Wildman–Crippen MR) is 209 cm³/mol. The van der Waals surface area contributed by atoms with Crippen molar-refractivity contribution in [1.82, 2.24) is 24.9 Å². The second kappa shape index (κ2) is 12.4. The van der Waals surface area contributed by atoms with E-state index in [0.717, 1.165) is 72.1 Å². The van der Waals surface area contributed by atoms with E-state index in [1.807, 2.05) is 67.0 Å². The molecule has 0 unspecified atom stereocenters. The SMILES string of the molecule is C=C/C=C(\C=C)c1nc(-c2ccccc2)nc(N2c3ccc(-c4cccc(-c5ccccc5)c4)cc3-c3nc4ccccc4c4cncc2c34)n1. The van der Waals surface area contributed by atoms with Gasteiger partial charge in [-0.15, -0.1) is 0 Å². The lowest BCUT2D eigenvalue weighted by Gasteiger charge is -2.32. The Morgan fingerprint density at radius 2 is 1.27 bits per heavy atom. The third-order valence-electron chi connectivity index (χ3n) is 9.26. The van der Waals surface area contributed by atoms with Crippen LogP contribution in [0.5, 0.6) is 0 Å². The lowest BCUT2D eigenvalue weighted by molar-refractivity contribution is 0.993. The number of rotatable bonds is 7. The summed E-state index contributed by atoms with van der Waals surface area (Å²) in [7, 11) is 0. The van der Waals surface area contributed by atoms with Gasteiger partial charge in [-0.25, -0.2) is 9.97 Å². The van der Waals surface area contributed by atoms with Crippen LogP contribution in [0.2, 0.25) is 0 Å². The first-order valence-electron chi connectivity index (χ1n) is 16.7. The van der Waals surface area contributed by atoms with Crippen molar-refractivity contribution in [3.8, 4) is 44.9 Å². The largest absolute Gasteiger partial charge is 0.276 e. The Bertz CT molecular complexity index is 2680. The van der Waals surface area contributed by atoms with Crippen LogP contribution in [0.15, 0.2) is 171 Å². The molecule has 0 amide bonds. The molecule has 5 aromatic carbocycles. The van der Waals surface area contributed by atoms with E-state index >= 15 is 0 Å². The zero-order valence-corrected chi connectivity index (χ0v) is 27.6. The van der Waals surface area contributed by atoms with Crippen molar-refractivity contribution in [2.75, 3.05) is 4.90 Å². The molecule has 0 bridgehead atoms. The Morgan fingerprint density at radius 1 is 0.569 bits per heavy atom. The van der Waals surface area contributed by atoms with Gasteiger partial charge < -0.3 is 0 Å². The second-order valence-corrected chi connectivity index (χ2v) is 12.3. The van der Waals surface area contributed by atoms with Gasteiger partial charge in [0.25, 0.3) is 0 Å². The number of hydrogen-bond acceptors (Lipinski definition) is 6. The van der Waals surface area contributed by atoms with E-state index in [-0.39, 0.29) is 0 Å². The molecule has 0 atom stereocenters. The first kappa shape index (κ1) is 30.0. The molecule has 0 radical (unpaired) electrons. The summed E-state index contributed by atoms with van der Waals surface area (Å²) in [4.78, 5) is 27.3. The second-order valence-electron chi connectivity index (χ2n) is 12.3. The standard InChI is InChI=1S/C45H30N6/c1-3-14-29(4-2)43-48-44(31-17-9-6-10-18-31)50-45(49-43)51-39-24-23-34(33-20-13-19-32(25-33)30-15-7-5-8-16-30)26-36(39)42-41-37(27-46-28-40(41)51)35-21-11-12-22-38(35)47-42/h3-28H,1-2H2/b29-14+. The Balaban J connectivity index is 1.32. The van der Waals surface area contributed by atoms with E-state index in [0.29, 0.717) is 17.6 Å². The molecule has 4 heterocycles. The van der Waals surface area contributed by atoms with Crippen molar-refractivity contribution in [3.63, 3.8) is 0 Å². The number of aromatic nitrogens is 5. The minimum Gasteiger partial charge on any atom is -0.276 e. The van der Waals surface area contributed by atoms with E-state index in [1.165, 1.54) is 5.56 Å². The van der Waals surface area contributed by atoms with Gasteiger partial charge in [0.1, 0.15) is 0 Å². The van der Waals surface area contributed by atoms with E-state index in [2.05, 4.69) is 96.9 Å². The fourth-order valence-electron chi connectivity index (χ4n) is 6.87. The van der Waals surface area contributed by atoms with Crippen LogP contribution in [0.3, 0.4) is 0 Å². The first-order chi connectivity index (χ1) is 25.2. The molecule has 240 valence electrons. The molecule has 0 saturated carbocycles. The highest BCUT2D eigenvalue weighted by Crippen LogP contribution is 2.51. The molecular formula is C45H30N6. The van der Waals surface area contributed by atoms with Crippen LogP contribution in [-0.4, -0.2) is 24.9 Å². The molecule has 6 heteroatoms. The number of nitrogens with zero attached hydrogens (tertiary/aromatic N) is 6. The van der Waals surface area contributed by atoms with Gasteiger partial charge in [0.15, 0.2) is 11.6 Å². The highest BCUT2D eigenvalue weighted by Gasteiger charge is 2.31. The third kappa shape index (κ3) is 5.18. The van der Waals surface area contributed by atoms with Gasteiger partial charge in [-0.3, -0.25) is 9.88 Å². The quantitative estimate of drug-likeness (QED) is 0.126. The molecule has 51 heavy (non-hydrogen) atoms. The molecule has 1 aliphatic heterocycles. The van der Waals surface area contributed by atoms with Crippen LogP contribution in [0, 0.1) is 0 Å². The molecule has 0 N–H and O–H groups in total. The third-order valence-corrected chi connectivity index (χ3v) is 9.26. The number of allylic oxidation sites excluding steroid dienone is 4. The van der Waals surface area contributed by atoms with Gasteiger partial charge in [0.2, 0.25) is 5.95 Å². The smallest absolute Gasteiger partial charge is 0.238 e. The maximum atomic E-state index is 5.31. The van der Waals surface area contributed by atoms with E-state index in [9.17, 15) is 0 Å². The van der Waals surface area contributed by atoms with Gasteiger partial charge in [0, 0.05) is 39.1 Å². The normalized spacial score (nSPS) is 12.2. The lowest BCUT2D eigenvalue weighted by atomic mass is 9.91. The summed E-state index contributed by atoms with van der Waals surface area (Å²) in [6.07, 6.45) is 9.12. The van der Waals surface area contributed by atoms with Crippen molar-refractivity contribution in [3.05, 3.63) is 177 Å². The van der Waals surface area contributed by atoms with Gasteiger partial charge >= 0.3 is 0 Å². The molecule has 0 aliphatic carbocycles. The molecule has 6 nitrogen and oxygen atoms in total. The number of fused-ring (bicyclic) bond motifs is 4. The number of pyridine rings is 2. The average molecular weight is 655 g/mol. The number of para-hydroxylation sites is 1. The number of benzene rings is 5. The molecule has 1 aliphatic rings. The van der Waals surface area contributed by atoms with Crippen molar-refractivity contribution in [2.45, 2.75) is 0 Å². The van der Waals surface area contributed by atoms with Crippen molar-refractivity contribution in [2.24, 2.45) is 0 Å². The number of anilines is 3. The molecule has 0 fully saturated rings. The van der Waals surface area contributed by atoms with Crippen LogP contribution in [-0.2, 0) is 0 Å². The van der Waals surface area contributed by atoms with Gasteiger partial charge in [-0.2, -0.15) is 9.97 Å². The van der Waals surface area contributed by atoms with Crippen molar-refractivity contribution >= 4 is 44.6 Å². The van der Waals surface area contributed by atoms with Crippen LogP contribution >= 0.6 is 0 Å². The van der Waals surface area contributed by atoms with Crippen molar-refractivity contribution < 1.29 is 0 Å². The summed E-state index contributed by atoms with van der Waals surface area (Å²) in [5.74, 6) is 1.50. The molecular weight excluding hydrogens is 625 g/mol. The van der Waals surface area contributed by atoms with Crippen molar-refractivity contribution in [1.29, 1.82) is 0 Å². The van der Waals surface area contributed by atoms with Gasteiger partial charge in [0.05, 0.1) is 28.8 Å². The monoisotopic (exact) mass is 654 g/mol. The zero-order chi connectivity index (χ0) is 34.3. The van der Waals surface area contributed by atoms with E-state index < -0.39 is 0 Å². The average Bonchev–Trinajstić information content (AvgIpc) is 3.20. The molecule has 0 saturated heterocycles. The van der Waals surface area contributed by atoms with Crippen LogP contribution in [0.1, 0.15) is 5.82 Å². The summed E-state index contributed by atoms with van der Waals surface area (Å²) >= 11 is 0. The predicted octanol–water partition coefficient (Wildman–Crippen LogP) is 11.2. The minimum absolute atomic E-state index is 0.462. The molecule has 0 spiro atoms. The fraction of sp³-hybridized carbons (Fsp3) is 0. The van der Waals surface area contributed by atoms with Crippen LogP contribution < -0.4 is 4.90 Å². The molecule has 9 rings (SSSR count). The molecule has 8 aromatic rings. The Labute approximate surface area is 295 Å². The highest BCUT2D eigenvalue weighted by atomic mass is 15.3. The minimum atomic E-state index is 0.462. The van der Waals surface area contributed by atoms with E-state index in [1.54, 1.807) is 12.2 Å². The topological polar surface area (TPSA) is 67.7 Å². The number of hydrogen-bond donors (Lipinski definition) is 0. The maximum absolute atomic E-state index is 5.31. The maximum Gasteiger partial charge on any atom is 0.238 e. The fourth-order valence-corrected chi connectivity index (χ4v) is 6.87. The summed E-state index contributed by atoms with van der Waals surface area (Å²) in [5.41, 5.74) is 10.7. The first-order valence-corrected chi connectivity index (χ1v) is 16.7. The Kier molecular flexibility index (Phi) is 7.33. The Hall–Kier alpha value is -7.05. The van der Waals surface area contributed by atoms with Crippen LogP contribution in [0.25, 0.3) is 72.1 Å². The Morgan fingerprint density at radius 3 is 2.06 bits per heavy atom. The van der Waals surface area contributed by atoms with Gasteiger partial charge in [-0.05, 0) is 46.5 Å².